The summed E-state index contributed by atoms with van der Waals surface area (Å²) in [7, 11) is 5.40. The van der Waals surface area contributed by atoms with Crippen LogP contribution >= 0.6 is 11.6 Å². The number of halogens is 1. The van der Waals surface area contributed by atoms with Crippen LogP contribution in [-0.2, 0) is 9.53 Å². The first-order valence-corrected chi connectivity index (χ1v) is 12.7. The van der Waals surface area contributed by atoms with Gasteiger partial charge in [-0.05, 0) is 56.6 Å². The number of nitrogens with zero attached hydrogens (tertiary/aromatic N) is 3. The molecular weight excluding hydrogens is 496 g/mol. The molecule has 0 aliphatic carbocycles. The van der Waals surface area contributed by atoms with Crippen molar-refractivity contribution in [1.29, 1.82) is 0 Å². The average molecular weight is 529 g/mol. The van der Waals surface area contributed by atoms with Gasteiger partial charge in [-0.3, -0.25) is 19.3 Å². The lowest BCUT2D eigenvalue weighted by Crippen LogP contribution is -2.60. The van der Waals surface area contributed by atoms with E-state index in [1.54, 1.807) is 65.4 Å². The zero-order valence-corrected chi connectivity index (χ0v) is 22.2. The van der Waals surface area contributed by atoms with Crippen LogP contribution in [0.1, 0.15) is 33.6 Å². The fourth-order valence-electron chi connectivity index (χ4n) is 4.82. The second-order valence-corrected chi connectivity index (χ2v) is 10.0. The zero-order chi connectivity index (χ0) is 26.6. The fraction of sp³-hybridized carbons (Fsp3) is 0.444. The number of ether oxygens (including phenoxy) is 2. The zero-order valence-electron chi connectivity index (χ0n) is 21.4. The molecule has 3 amide bonds. The Bertz CT molecular complexity index is 1130. The first-order chi connectivity index (χ1) is 17.7. The average Bonchev–Trinajstić information content (AvgIpc) is 3.27. The molecule has 10 heteroatoms. The number of carbonyl (C=O) groups excluding carboxylic acids is 3. The van der Waals surface area contributed by atoms with Crippen LogP contribution in [0, 0.1) is 0 Å². The number of benzene rings is 2. The molecule has 9 nitrogen and oxygen atoms in total. The number of hydrogen-bond donors (Lipinski definition) is 1. The van der Waals surface area contributed by atoms with Crippen LogP contribution in [0.4, 0.5) is 0 Å². The summed E-state index contributed by atoms with van der Waals surface area (Å²) in [4.78, 5) is 45.4. The van der Waals surface area contributed by atoms with Gasteiger partial charge in [0.05, 0.1) is 13.7 Å². The predicted molar refractivity (Wildman–Crippen MR) is 140 cm³/mol. The third-order valence-corrected chi connectivity index (χ3v) is 7.13. The third-order valence-electron chi connectivity index (χ3n) is 6.88. The Balaban J connectivity index is 1.55. The molecule has 1 spiro atoms. The molecule has 0 unspecified atom stereocenters. The van der Waals surface area contributed by atoms with Crippen LogP contribution < -0.4 is 10.1 Å². The third kappa shape index (κ3) is 5.89. The van der Waals surface area contributed by atoms with Crippen molar-refractivity contribution in [3.63, 3.8) is 0 Å². The van der Waals surface area contributed by atoms with Crippen molar-refractivity contribution >= 4 is 29.3 Å². The highest BCUT2D eigenvalue weighted by Gasteiger charge is 2.54. The normalized spacial score (nSPS) is 18.8. The molecule has 0 aromatic heterocycles. The lowest BCUT2D eigenvalue weighted by Gasteiger charge is -2.44. The number of rotatable bonds is 7. The van der Waals surface area contributed by atoms with Crippen molar-refractivity contribution in [1.82, 2.24) is 20.0 Å². The lowest BCUT2D eigenvalue weighted by atomic mass is 9.96. The van der Waals surface area contributed by atoms with E-state index >= 15 is 0 Å². The van der Waals surface area contributed by atoms with E-state index in [9.17, 15) is 14.4 Å². The van der Waals surface area contributed by atoms with E-state index in [0.717, 1.165) is 0 Å². The smallest absolute Gasteiger partial charge is 0.257 e. The van der Waals surface area contributed by atoms with E-state index in [1.807, 2.05) is 19.0 Å². The van der Waals surface area contributed by atoms with Crippen LogP contribution in [0.15, 0.2) is 48.5 Å². The van der Waals surface area contributed by atoms with E-state index in [0.29, 0.717) is 60.9 Å². The Morgan fingerprint density at radius 2 is 1.78 bits per heavy atom. The number of likely N-dealkylation sites (N-methyl/N-ethyl adjacent to an activating group) is 1. The number of nitrogens with one attached hydrogen (secondary N) is 1. The summed E-state index contributed by atoms with van der Waals surface area (Å²) in [5.41, 5.74) is -0.0225. The molecule has 2 heterocycles. The summed E-state index contributed by atoms with van der Waals surface area (Å²) in [6.45, 7) is 2.00. The van der Waals surface area contributed by atoms with Crippen LogP contribution in [0.3, 0.4) is 0 Å². The molecule has 2 aromatic carbocycles. The Morgan fingerprint density at radius 1 is 1.08 bits per heavy atom. The van der Waals surface area contributed by atoms with Gasteiger partial charge in [0.1, 0.15) is 17.5 Å². The number of hydrogen-bond acceptors (Lipinski definition) is 6. The van der Waals surface area contributed by atoms with Crippen molar-refractivity contribution in [3.05, 3.63) is 64.7 Å². The fourth-order valence-corrected chi connectivity index (χ4v) is 4.94. The maximum absolute atomic E-state index is 13.9. The number of piperidine rings is 1. The number of methoxy groups -OCH3 is 1. The highest BCUT2D eigenvalue weighted by atomic mass is 35.5. The van der Waals surface area contributed by atoms with Crippen LogP contribution in [0.5, 0.6) is 5.75 Å². The molecule has 2 aliphatic heterocycles. The van der Waals surface area contributed by atoms with E-state index in [1.165, 1.54) is 0 Å². The first-order valence-electron chi connectivity index (χ1n) is 12.3. The molecular formula is C27H33ClN4O5. The summed E-state index contributed by atoms with van der Waals surface area (Å²) in [5.74, 6) is -0.111. The molecule has 4 rings (SSSR count). The van der Waals surface area contributed by atoms with Gasteiger partial charge in [-0.15, -0.1) is 0 Å². The van der Waals surface area contributed by atoms with Gasteiger partial charge in [0, 0.05) is 55.2 Å². The van der Waals surface area contributed by atoms with Crippen LogP contribution in [0.2, 0.25) is 5.02 Å². The first kappa shape index (κ1) is 26.9. The standard InChI is InChI=1S/C27H33ClN4O5/c1-30(2)16-13-29-24(33)23-18-37-27(32(23)26(35)20-5-4-6-22(17-20)36-3)11-14-31(15-12-27)25(34)19-7-9-21(28)10-8-19/h4-10,17,23H,11-16,18H2,1-3H3,(H,29,33)/t23-/m0/s1. The second kappa shape index (κ2) is 11.5. The second-order valence-electron chi connectivity index (χ2n) is 9.57. The van der Waals surface area contributed by atoms with Crippen molar-refractivity contribution in [2.24, 2.45) is 0 Å². The van der Waals surface area contributed by atoms with Gasteiger partial charge in [0.2, 0.25) is 5.91 Å². The molecule has 2 fully saturated rings. The summed E-state index contributed by atoms with van der Waals surface area (Å²) < 4.78 is 11.6. The molecule has 0 bridgehead atoms. The van der Waals surface area contributed by atoms with Gasteiger partial charge in [0.15, 0.2) is 0 Å². The Hall–Kier alpha value is -3.14. The van der Waals surface area contributed by atoms with Crippen molar-refractivity contribution in [3.8, 4) is 5.75 Å². The molecule has 0 radical (unpaired) electrons. The van der Waals surface area contributed by atoms with E-state index in [2.05, 4.69) is 5.32 Å². The maximum Gasteiger partial charge on any atom is 0.257 e. The van der Waals surface area contributed by atoms with Gasteiger partial charge in [0.25, 0.3) is 11.8 Å². The highest BCUT2D eigenvalue weighted by molar-refractivity contribution is 6.30. The van der Waals surface area contributed by atoms with E-state index in [4.69, 9.17) is 21.1 Å². The molecule has 1 atom stereocenters. The van der Waals surface area contributed by atoms with Crippen molar-refractivity contribution in [2.75, 3.05) is 54.0 Å². The minimum atomic E-state index is -0.986. The van der Waals surface area contributed by atoms with Crippen LogP contribution in [-0.4, -0.2) is 98.2 Å². The molecule has 0 saturated carbocycles. The Labute approximate surface area is 222 Å². The van der Waals surface area contributed by atoms with E-state index < -0.39 is 11.8 Å². The number of carbonyl (C=O) groups is 3. The lowest BCUT2D eigenvalue weighted by molar-refractivity contribution is -0.128. The molecule has 2 aromatic rings. The van der Waals surface area contributed by atoms with Crippen molar-refractivity contribution < 1.29 is 23.9 Å². The van der Waals surface area contributed by atoms with Gasteiger partial charge in [-0.25, -0.2) is 0 Å². The molecule has 2 saturated heterocycles. The van der Waals surface area contributed by atoms with Gasteiger partial charge in [-0.1, -0.05) is 17.7 Å². The summed E-state index contributed by atoms with van der Waals surface area (Å²) in [6, 6.07) is 12.9. The minimum Gasteiger partial charge on any atom is -0.497 e. The Kier molecular flexibility index (Phi) is 8.36. The predicted octanol–water partition coefficient (Wildman–Crippen LogP) is 2.50. The molecule has 37 heavy (non-hydrogen) atoms. The molecule has 198 valence electrons. The van der Waals surface area contributed by atoms with Gasteiger partial charge < -0.3 is 24.6 Å². The monoisotopic (exact) mass is 528 g/mol. The highest BCUT2D eigenvalue weighted by Crippen LogP contribution is 2.39. The van der Waals surface area contributed by atoms with Gasteiger partial charge >= 0.3 is 0 Å². The Morgan fingerprint density at radius 3 is 2.43 bits per heavy atom. The summed E-state index contributed by atoms with van der Waals surface area (Å²) >= 11 is 5.96. The molecule has 1 N–H and O–H groups in total. The van der Waals surface area contributed by atoms with Crippen LogP contribution in [0.25, 0.3) is 0 Å². The summed E-state index contributed by atoms with van der Waals surface area (Å²) in [5, 5.41) is 3.50. The topological polar surface area (TPSA) is 91.4 Å². The number of likely N-dealkylation sites (tertiary alicyclic amines) is 1. The van der Waals surface area contributed by atoms with Crippen molar-refractivity contribution in [2.45, 2.75) is 24.6 Å². The SMILES string of the molecule is COc1cccc(C(=O)N2[C@H](C(=O)NCCN(C)C)COC23CCN(C(=O)c2ccc(Cl)cc2)CC3)c1. The molecule has 2 aliphatic rings. The quantitative estimate of drug-likeness (QED) is 0.594. The van der Waals surface area contributed by atoms with E-state index in [-0.39, 0.29) is 24.3 Å². The largest absolute Gasteiger partial charge is 0.497 e. The number of amides is 3. The van der Waals surface area contributed by atoms with Gasteiger partial charge in [-0.2, -0.15) is 0 Å². The minimum absolute atomic E-state index is 0.0919. The maximum atomic E-state index is 13.9. The summed E-state index contributed by atoms with van der Waals surface area (Å²) in [6.07, 6.45) is 0.785.